The molecule has 5 atom stereocenters. The van der Waals surface area contributed by atoms with Crippen molar-refractivity contribution in [2.75, 3.05) is 0 Å². The highest BCUT2D eigenvalue weighted by Crippen LogP contribution is 2.68. The number of carboxylic acid groups (broad SMARTS) is 1. The zero-order valence-electron chi connectivity index (χ0n) is 16.6. The van der Waals surface area contributed by atoms with Crippen LogP contribution < -0.4 is 5.73 Å². The van der Waals surface area contributed by atoms with Gasteiger partial charge in [-0.1, -0.05) is 6.92 Å². The SMILES string of the molecule is CC(C(CC(CC(C(P(=O)(O)O)P(=O)(O)O)P(=O)(O)O)C(N)C(=O)O)P(=O)(O)O)P(=O)(O)O. The van der Waals surface area contributed by atoms with Crippen molar-refractivity contribution in [3.63, 3.8) is 0 Å². The van der Waals surface area contributed by atoms with Crippen LogP contribution >= 0.6 is 38.0 Å². The van der Waals surface area contributed by atoms with Crippen molar-refractivity contribution in [3.8, 4) is 0 Å². The van der Waals surface area contributed by atoms with E-state index in [9.17, 15) is 76.6 Å². The van der Waals surface area contributed by atoms with Crippen LogP contribution in [0.15, 0.2) is 0 Å². The van der Waals surface area contributed by atoms with Crippen LogP contribution in [0.25, 0.3) is 0 Å². The molecule has 0 bridgehead atoms. The second kappa shape index (κ2) is 11.1. The molecule has 23 heteroatoms. The summed E-state index contributed by atoms with van der Waals surface area (Å²) in [6.07, 6.45) is -2.75. The molecule has 0 heterocycles. The molecule has 0 aromatic rings. The molecule has 0 aliphatic rings. The number of hydrogen-bond donors (Lipinski definition) is 12. The summed E-state index contributed by atoms with van der Waals surface area (Å²) < 4.78 is 58.6. The van der Waals surface area contributed by atoms with Gasteiger partial charge in [0.05, 0.1) is 17.0 Å². The van der Waals surface area contributed by atoms with Gasteiger partial charge in [0.2, 0.25) is 0 Å². The molecule has 18 nitrogen and oxygen atoms in total. The van der Waals surface area contributed by atoms with Gasteiger partial charge >= 0.3 is 43.9 Å². The van der Waals surface area contributed by atoms with E-state index < -0.39 is 91.1 Å². The molecule has 0 radical (unpaired) electrons. The molecule has 0 saturated heterocycles. The Balaban J connectivity index is 6.75. The van der Waals surface area contributed by atoms with E-state index in [1.807, 2.05) is 0 Å². The van der Waals surface area contributed by atoms with E-state index in [1.165, 1.54) is 0 Å². The molecule has 13 N–H and O–H groups in total. The Morgan fingerprint density at radius 1 is 0.667 bits per heavy atom. The van der Waals surface area contributed by atoms with E-state index in [4.69, 9.17) is 10.8 Å². The van der Waals surface area contributed by atoms with E-state index in [2.05, 4.69) is 0 Å². The van der Waals surface area contributed by atoms with Gasteiger partial charge in [-0.05, 0) is 18.8 Å². The summed E-state index contributed by atoms with van der Waals surface area (Å²) in [5.74, 6) is -4.03. The van der Waals surface area contributed by atoms with Gasteiger partial charge in [-0.25, -0.2) is 0 Å². The van der Waals surface area contributed by atoms with Crippen molar-refractivity contribution in [1.82, 2.24) is 0 Å². The first kappa shape index (κ1) is 33.2. The Labute approximate surface area is 186 Å². The topological polar surface area (TPSA) is 351 Å². The minimum absolute atomic E-state index is 0.683. The third-order valence-electron chi connectivity index (χ3n) is 4.87. The molecule has 0 aromatic carbocycles. The number of nitrogens with two attached hydrogens (primary N) is 1. The number of carbonyl (C=O) groups is 1. The van der Waals surface area contributed by atoms with E-state index in [0.717, 1.165) is 0 Å². The molecule has 5 unspecified atom stereocenters. The standard InChI is InChI=1S/C10H26NO17P5/c1-4(29(14,15)16)6(30(17,18)19)2-5(8(11)9(12)13)3-7(31(20,21)22)10(32(23,24)25)33(26,27)28/h4-8,10H,2-3,11H2,1H3,(H,12,13)(H2,14,15,16)(H2,17,18,19)(H2,20,21,22)(H2,23,24,25)(H2,26,27,28). The fraction of sp³-hybridized carbons (Fsp3) is 0.900. The summed E-state index contributed by atoms with van der Waals surface area (Å²) in [7, 11) is -28.6. The quantitative estimate of drug-likeness (QED) is 0.105. The van der Waals surface area contributed by atoms with Gasteiger partial charge in [-0.2, -0.15) is 0 Å². The summed E-state index contributed by atoms with van der Waals surface area (Å²) in [5.41, 5.74) is -2.06. The third-order valence-corrected chi connectivity index (χ3v) is 13.8. The van der Waals surface area contributed by atoms with Crippen LogP contribution in [0.1, 0.15) is 19.8 Å². The molecule has 0 rings (SSSR count). The van der Waals surface area contributed by atoms with Crippen LogP contribution in [-0.2, 0) is 27.6 Å². The van der Waals surface area contributed by atoms with E-state index in [-0.39, 0.29) is 0 Å². The van der Waals surface area contributed by atoms with Gasteiger partial charge in [0.15, 0.2) is 5.40 Å². The van der Waals surface area contributed by atoms with Crippen molar-refractivity contribution in [1.29, 1.82) is 0 Å². The minimum atomic E-state index is -5.99. The van der Waals surface area contributed by atoms with Crippen molar-refractivity contribution in [2.45, 2.75) is 48.2 Å². The third kappa shape index (κ3) is 9.98. The lowest BCUT2D eigenvalue weighted by Gasteiger charge is -2.35. The predicted molar refractivity (Wildman–Crippen MR) is 109 cm³/mol. The van der Waals surface area contributed by atoms with E-state index >= 15 is 0 Å². The van der Waals surface area contributed by atoms with Gasteiger partial charge in [-0.15, -0.1) is 0 Å². The molecule has 198 valence electrons. The average Bonchev–Trinajstić information content (AvgIpc) is 2.50. The monoisotopic (exact) mass is 587 g/mol. The Morgan fingerprint density at radius 3 is 1.24 bits per heavy atom. The summed E-state index contributed by atoms with van der Waals surface area (Å²) >= 11 is 0. The lowest BCUT2D eigenvalue weighted by Crippen LogP contribution is -2.43. The molecule has 0 aliphatic heterocycles. The second-order valence-corrected chi connectivity index (χ2v) is 16.9. The first-order valence-corrected chi connectivity index (χ1v) is 16.9. The Morgan fingerprint density at radius 2 is 1.00 bits per heavy atom. The maximum atomic E-state index is 11.9. The van der Waals surface area contributed by atoms with Crippen molar-refractivity contribution < 1.29 is 81.7 Å². The van der Waals surface area contributed by atoms with Gasteiger partial charge in [-0.3, -0.25) is 27.6 Å². The zero-order chi connectivity index (χ0) is 27.0. The molecule has 0 saturated carbocycles. The molecule has 0 amide bonds. The van der Waals surface area contributed by atoms with Gasteiger partial charge in [0.1, 0.15) is 6.04 Å². The van der Waals surface area contributed by atoms with Crippen LogP contribution in [0.4, 0.5) is 0 Å². The first-order chi connectivity index (χ1) is 14.2. The molecule has 0 aliphatic carbocycles. The smallest absolute Gasteiger partial charge is 0.341 e. The summed E-state index contributed by atoms with van der Waals surface area (Å²) in [6, 6.07) is -2.29. The number of rotatable bonds is 13. The van der Waals surface area contributed by atoms with Crippen LogP contribution in [0.5, 0.6) is 0 Å². The van der Waals surface area contributed by atoms with Crippen LogP contribution in [0.2, 0.25) is 0 Å². The molecular weight excluding hydrogens is 561 g/mol. The Hall–Kier alpha value is 0.180. The maximum Gasteiger partial charge on any atom is 0.341 e. The van der Waals surface area contributed by atoms with Crippen LogP contribution in [0, 0.1) is 5.92 Å². The molecular formula is C10H26NO17P5. The maximum absolute atomic E-state index is 11.9. The Kier molecular flexibility index (Phi) is 11.1. The fourth-order valence-electron chi connectivity index (χ4n) is 3.13. The predicted octanol–water partition coefficient (Wildman–Crippen LogP) is -1.87. The highest BCUT2D eigenvalue weighted by molar-refractivity contribution is 7.72. The van der Waals surface area contributed by atoms with Crippen LogP contribution in [0.3, 0.4) is 0 Å². The second-order valence-electron chi connectivity index (χ2n) is 7.33. The van der Waals surface area contributed by atoms with Crippen molar-refractivity contribution >= 4 is 43.9 Å². The molecule has 0 fully saturated rings. The molecule has 33 heavy (non-hydrogen) atoms. The highest BCUT2D eigenvalue weighted by Gasteiger charge is 2.56. The van der Waals surface area contributed by atoms with Gasteiger partial charge < -0.3 is 59.8 Å². The number of aliphatic carboxylic acids is 1. The lowest BCUT2D eigenvalue weighted by molar-refractivity contribution is -0.140. The summed E-state index contributed by atoms with van der Waals surface area (Å²) in [5, 5.41) is 5.82. The molecule has 0 spiro atoms. The summed E-state index contributed by atoms with van der Waals surface area (Å²) in [4.78, 5) is 105. The number of hydrogen-bond acceptors (Lipinski definition) is 7. The lowest BCUT2D eigenvalue weighted by atomic mass is 9.89. The number of carboxylic acids is 1. The van der Waals surface area contributed by atoms with Gasteiger partial charge in [0.25, 0.3) is 0 Å². The van der Waals surface area contributed by atoms with E-state index in [0.29, 0.717) is 6.92 Å². The molecule has 0 aromatic heterocycles. The largest absolute Gasteiger partial charge is 0.480 e. The first-order valence-electron chi connectivity index (χ1n) is 8.46. The van der Waals surface area contributed by atoms with Crippen molar-refractivity contribution in [3.05, 3.63) is 0 Å². The fourth-order valence-corrected chi connectivity index (χ4v) is 11.5. The van der Waals surface area contributed by atoms with Crippen molar-refractivity contribution in [2.24, 2.45) is 11.7 Å². The zero-order valence-corrected chi connectivity index (χ0v) is 21.0. The van der Waals surface area contributed by atoms with Crippen LogP contribution in [-0.4, -0.2) is 88.4 Å². The Bertz CT molecular complexity index is 916. The minimum Gasteiger partial charge on any atom is -0.480 e. The summed E-state index contributed by atoms with van der Waals surface area (Å²) in [6.45, 7) is 0.683. The normalized spacial score (nSPS) is 19.1. The average molecular weight is 587 g/mol. The van der Waals surface area contributed by atoms with Gasteiger partial charge in [0, 0.05) is 0 Å². The highest BCUT2D eigenvalue weighted by atomic mass is 31.2. The van der Waals surface area contributed by atoms with E-state index in [1.54, 1.807) is 0 Å².